The van der Waals surface area contributed by atoms with Crippen molar-refractivity contribution in [3.63, 3.8) is 0 Å². The predicted octanol–water partition coefficient (Wildman–Crippen LogP) is 2.80. The first kappa shape index (κ1) is 13.6. The Morgan fingerprint density at radius 2 is 2.11 bits per heavy atom. The van der Waals surface area contributed by atoms with E-state index in [-0.39, 0.29) is 0 Å². The van der Waals surface area contributed by atoms with Crippen molar-refractivity contribution in [2.75, 3.05) is 13.6 Å². The highest BCUT2D eigenvalue weighted by molar-refractivity contribution is 5.05. The maximum Gasteiger partial charge on any atom is 0.118 e. The lowest BCUT2D eigenvalue weighted by molar-refractivity contribution is 0.176. The molecule has 0 radical (unpaired) electrons. The van der Waals surface area contributed by atoms with Crippen LogP contribution in [-0.4, -0.2) is 30.6 Å². The zero-order valence-corrected chi connectivity index (χ0v) is 12.1. The highest BCUT2D eigenvalue weighted by Crippen LogP contribution is 2.20. The van der Waals surface area contributed by atoms with Crippen LogP contribution in [0.25, 0.3) is 0 Å². The molecule has 3 nitrogen and oxygen atoms in total. The van der Waals surface area contributed by atoms with Crippen LogP contribution in [0.2, 0.25) is 0 Å². The molecule has 1 aliphatic carbocycles. The van der Waals surface area contributed by atoms with Crippen molar-refractivity contribution in [2.24, 2.45) is 5.92 Å². The third-order valence-corrected chi connectivity index (χ3v) is 4.03. The zero-order chi connectivity index (χ0) is 13.1. The second kappa shape index (κ2) is 5.89. The van der Waals surface area contributed by atoms with Crippen molar-refractivity contribution in [3.8, 4) is 0 Å². The SMILES string of the molecule is Cc1ccc(CN(C)C(C)C(C)CNC2CC2)o1. The van der Waals surface area contributed by atoms with Gasteiger partial charge in [0.05, 0.1) is 6.54 Å². The fourth-order valence-corrected chi connectivity index (χ4v) is 2.20. The van der Waals surface area contributed by atoms with Gasteiger partial charge in [0.1, 0.15) is 11.5 Å². The number of hydrogen-bond donors (Lipinski definition) is 1. The van der Waals surface area contributed by atoms with Crippen LogP contribution in [0.15, 0.2) is 16.5 Å². The molecule has 102 valence electrons. The Balaban J connectivity index is 1.77. The predicted molar refractivity (Wildman–Crippen MR) is 74.6 cm³/mol. The van der Waals surface area contributed by atoms with Gasteiger partial charge in [0, 0.05) is 12.1 Å². The van der Waals surface area contributed by atoms with Crippen molar-refractivity contribution in [1.82, 2.24) is 10.2 Å². The second-order valence-electron chi connectivity index (χ2n) is 5.83. The first-order valence-corrected chi connectivity index (χ1v) is 7.05. The van der Waals surface area contributed by atoms with Gasteiger partial charge in [-0.05, 0) is 58.3 Å². The Morgan fingerprint density at radius 1 is 1.39 bits per heavy atom. The molecule has 18 heavy (non-hydrogen) atoms. The first-order chi connectivity index (χ1) is 8.56. The van der Waals surface area contributed by atoms with E-state index in [1.165, 1.54) is 12.8 Å². The quantitative estimate of drug-likeness (QED) is 0.806. The lowest BCUT2D eigenvalue weighted by Gasteiger charge is -2.29. The van der Waals surface area contributed by atoms with E-state index in [0.29, 0.717) is 12.0 Å². The minimum Gasteiger partial charge on any atom is -0.465 e. The molecule has 2 unspecified atom stereocenters. The molecule has 1 aliphatic rings. The molecule has 0 saturated heterocycles. The third kappa shape index (κ3) is 3.85. The Labute approximate surface area is 111 Å². The number of furan rings is 1. The van der Waals surface area contributed by atoms with Crippen LogP contribution in [-0.2, 0) is 6.54 Å². The van der Waals surface area contributed by atoms with Crippen LogP contribution in [0.4, 0.5) is 0 Å². The molecule has 0 aliphatic heterocycles. The van der Waals surface area contributed by atoms with Crippen LogP contribution in [0.3, 0.4) is 0 Å². The monoisotopic (exact) mass is 250 g/mol. The molecular formula is C15H26N2O. The van der Waals surface area contributed by atoms with Gasteiger partial charge in [0.25, 0.3) is 0 Å². The van der Waals surface area contributed by atoms with E-state index in [2.05, 4.69) is 37.2 Å². The van der Waals surface area contributed by atoms with Crippen molar-refractivity contribution in [3.05, 3.63) is 23.7 Å². The molecule has 1 aromatic heterocycles. The average Bonchev–Trinajstić information content (AvgIpc) is 3.08. The Kier molecular flexibility index (Phi) is 4.46. The molecule has 2 atom stereocenters. The minimum absolute atomic E-state index is 0.557. The van der Waals surface area contributed by atoms with Gasteiger partial charge in [0.15, 0.2) is 0 Å². The summed E-state index contributed by atoms with van der Waals surface area (Å²) in [7, 11) is 2.18. The van der Waals surface area contributed by atoms with Gasteiger partial charge in [0.2, 0.25) is 0 Å². The Bertz CT molecular complexity index is 370. The van der Waals surface area contributed by atoms with Gasteiger partial charge >= 0.3 is 0 Å². The summed E-state index contributed by atoms with van der Waals surface area (Å²) in [5, 5.41) is 3.61. The molecule has 0 amide bonds. The molecule has 3 heteroatoms. The number of aryl methyl sites for hydroxylation is 1. The molecule has 1 fully saturated rings. The van der Waals surface area contributed by atoms with E-state index < -0.39 is 0 Å². The standard InChI is InChI=1S/C15H26N2O/c1-11(9-16-14-6-7-14)13(3)17(4)10-15-8-5-12(2)18-15/h5,8,11,13-14,16H,6-7,9-10H2,1-4H3. The van der Waals surface area contributed by atoms with Crippen molar-refractivity contribution in [1.29, 1.82) is 0 Å². The number of rotatable bonds is 7. The van der Waals surface area contributed by atoms with Crippen LogP contribution in [0, 0.1) is 12.8 Å². The highest BCUT2D eigenvalue weighted by atomic mass is 16.3. The van der Waals surface area contributed by atoms with Crippen molar-refractivity contribution in [2.45, 2.75) is 52.2 Å². The highest BCUT2D eigenvalue weighted by Gasteiger charge is 2.23. The Morgan fingerprint density at radius 3 is 2.67 bits per heavy atom. The summed E-state index contributed by atoms with van der Waals surface area (Å²) in [6.45, 7) is 8.63. The van der Waals surface area contributed by atoms with Crippen LogP contribution in [0.1, 0.15) is 38.2 Å². The molecule has 1 heterocycles. The molecule has 1 N–H and O–H groups in total. The van der Waals surface area contributed by atoms with Crippen LogP contribution < -0.4 is 5.32 Å². The zero-order valence-electron chi connectivity index (χ0n) is 12.1. The second-order valence-corrected chi connectivity index (χ2v) is 5.83. The molecule has 0 aromatic carbocycles. The molecule has 2 rings (SSSR count). The molecular weight excluding hydrogens is 224 g/mol. The normalized spacial score (nSPS) is 19.2. The third-order valence-electron chi connectivity index (χ3n) is 4.03. The summed E-state index contributed by atoms with van der Waals surface area (Å²) in [4.78, 5) is 2.37. The fraction of sp³-hybridized carbons (Fsp3) is 0.733. The van der Waals surface area contributed by atoms with E-state index >= 15 is 0 Å². The summed E-state index contributed by atoms with van der Waals surface area (Å²) < 4.78 is 5.63. The molecule has 1 aromatic rings. The molecule has 0 spiro atoms. The Hall–Kier alpha value is -0.800. The lowest BCUT2D eigenvalue weighted by atomic mass is 10.0. The maximum atomic E-state index is 5.63. The lowest BCUT2D eigenvalue weighted by Crippen LogP contribution is -2.39. The van der Waals surface area contributed by atoms with Crippen molar-refractivity contribution >= 4 is 0 Å². The largest absolute Gasteiger partial charge is 0.465 e. The van der Waals surface area contributed by atoms with Gasteiger partial charge in [-0.2, -0.15) is 0 Å². The van der Waals surface area contributed by atoms with Crippen LogP contribution >= 0.6 is 0 Å². The molecule has 0 bridgehead atoms. The van der Waals surface area contributed by atoms with Gasteiger partial charge in [-0.15, -0.1) is 0 Å². The number of hydrogen-bond acceptors (Lipinski definition) is 3. The fourth-order valence-electron chi connectivity index (χ4n) is 2.20. The van der Waals surface area contributed by atoms with Gasteiger partial charge in [-0.25, -0.2) is 0 Å². The summed E-state index contributed by atoms with van der Waals surface area (Å²) >= 11 is 0. The van der Waals surface area contributed by atoms with E-state index in [9.17, 15) is 0 Å². The van der Waals surface area contributed by atoms with Crippen LogP contribution in [0.5, 0.6) is 0 Å². The van der Waals surface area contributed by atoms with E-state index in [1.807, 2.05) is 13.0 Å². The van der Waals surface area contributed by atoms with Crippen molar-refractivity contribution < 1.29 is 4.42 Å². The van der Waals surface area contributed by atoms with Gasteiger partial charge in [-0.3, -0.25) is 4.90 Å². The maximum absolute atomic E-state index is 5.63. The number of nitrogens with zero attached hydrogens (tertiary/aromatic N) is 1. The number of nitrogens with one attached hydrogen (secondary N) is 1. The first-order valence-electron chi connectivity index (χ1n) is 7.05. The molecule has 1 saturated carbocycles. The summed E-state index contributed by atoms with van der Waals surface area (Å²) in [6.07, 6.45) is 2.73. The van der Waals surface area contributed by atoms with E-state index in [4.69, 9.17) is 4.42 Å². The van der Waals surface area contributed by atoms with E-state index in [1.54, 1.807) is 0 Å². The van der Waals surface area contributed by atoms with E-state index in [0.717, 1.165) is 30.7 Å². The topological polar surface area (TPSA) is 28.4 Å². The average molecular weight is 250 g/mol. The summed E-state index contributed by atoms with van der Waals surface area (Å²) in [5.74, 6) is 2.71. The summed E-state index contributed by atoms with van der Waals surface area (Å²) in [6, 6.07) is 5.47. The minimum atomic E-state index is 0.557. The summed E-state index contributed by atoms with van der Waals surface area (Å²) in [5.41, 5.74) is 0. The van der Waals surface area contributed by atoms with Gasteiger partial charge in [-0.1, -0.05) is 6.92 Å². The smallest absolute Gasteiger partial charge is 0.118 e. The van der Waals surface area contributed by atoms with Gasteiger partial charge < -0.3 is 9.73 Å².